The lowest BCUT2D eigenvalue weighted by atomic mass is 9.95. The number of benzene rings is 1. The molecular weight excluding hydrogens is 335 g/mol. The first-order chi connectivity index (χ1) is 10.6. The molecule has 0 atom stereocenters. The summed E-state index contributed by atoms with van der Waals surface area (Å²) in [4.78, 5) is 11.8. The van der Waals surface area contributed by atoms with Crippen molar-refractivity contribution in [2.75, 3.05) is 0 Å². The molecule has 1 aliphatic rings. The van der Waals surface area contributed by atoms with Gasteiger partial charge in [-0.15, -0.1) is 0 Å². The molecule has 1 aromatic rings. The van der Waals surface area contributed by atoms with Gasteiger partial charge in [0.05, 0.1) is 0 Å². The number of halogens is 3. The Balaban J connectivity index is 0.000000284. The molecule has 23 heavy (non-hydrogen) atoms. The third kappa shape index (κ3) is 7.00. The van der Waals surface area contributed by atoms with Crippen LogP contribution < -0.4 is 5.32 Å². The number of amides is 1. The zero-order chi connectivity index (χ0) is 17.5. The third-order valence-electron chi connectivity index (χ3n) is 3.27. The van der Waals surface area contributed by atoms with Crippen LogP contribution in [0.25, 0.3) is 0 Å². The zero-order valence-corrected chi connectivity index (χ0v) is 13.0. The number of hydrogen-bond donors (Lipinski definition) is 2. The van der Waals surface area contributed by atoms with Gasteiger partial charge in [0, 0.05) is 11.6 Å². The molecule has 2 rings (SSSR count). The minimum Gasteiger partial charge on any atom is -0.349 e. The van der Waals surface area contributed by atoms with Gasteiger partial charge in [-0.1, -0.05) is 37.5 Å². The van der Waals surface area contributed by atoms with E-state index in [1.54, 1.807) is 0 Å². The number of nitrogens with one attached hydrogen (secondary N) is 1. The highest BCUT2D eigenvalue weighted by Crippen LogP contribution is 2.20. The number of hydrogen-bond acceptors (Lipinski definition) is 3. The Morgan fingerprint density at radius 2 is 1.57 bits per heavy atom. The average Bonchev–Trinajstić information content (AvgIpc) is 2.48. The highest BCUT2D eigenvalue weighted by Gasteiger charge is 2.44. The van der Waals surface area contributed by atoms with Crippen molar-refractivity contribution in [2.24, 2.45) is 0 Å². The second-order valence-electron chi connectivity index (χ2n) is 5.10. The molecule has 5 nitrogen and oxygen atoms in total. The average molecular weight is 353 g/mol. The first-order valence-electron chi connectivity index (χ1n) is 7.01. The largest absolute Gasteiger partial charge is 0.522 e. The summed E-state index contributed by atoms with van der Waals surface area (Å²) in [5.41, 5.74) is -4.77. The fraction of sp³-hybridized carbons (Fsp3) is 0.500. The molecule has 0 spiro atoms. The van der Waals surface area contributed by atoms with Gasteiger partial charge in [-0.3, -0.25) is 9.35 Å². The van der Waals surface area contributed by atoms with Gasteiger partial charge in [-0.2, -0.15) is 21.6 Å². The number of alkyl halides is 3. The van der Waals surface area contributed by atoms with E-state index in [1.807, 2.05) is 30.3 Å². The number of carbonyl (C=O) groups excluding carboxylic acids is 1. The maximum Gasteiger partial charge on any atom is 0.522 e. The Bertz CT molecular complexity index is 596. The predicted molar refractivity (Wildman–Crippen MR) is 78.4 cm³/mol. The van der Waals surface area contributed by atoms with Crippen molar-refractivity contribution in [3.63, 3.8) is 0 Å². The molecule has 130 valence electrons. The Morgan fingerprint density at radius 3 is 2.00 bits per heavy atom. The first-order valence-corrected chi connectivity index (χ1v) is 8.45. The maximum absolute atomic E-state index is 11.8. The van der Waals surface area contributed by atoms with Crippen LogP contribution in [0.3, 0.4) is 0 Å². The van der Waals surface area contributed by atoms with Gasteiger partial charge in [0.25, 0.3) is 5.91 Å². The van der Waals surface area contributed by atoms with Crippen LogP contribution in [-0.2, 0) is 10.1 Å². The first kappa shape index (κ1) is 19.4. The Kier molecular flexibility index (Phi) is 7.01. The predicted octanol–water partition coefficient (Wildman–Crippen LogP) is 3.14. The van der Waals surface area contributed by atoms with Crippen LogP contribution in [0.1, 0.15) is 42.5 Å². The van der Waals surface area contributed by atoms with E-state index in [-0.39, 0.29) is 5.91 Å². The van der Waals surface area contributed by atoms with E-state index >= 15 is 0 Å². The van der Waals surface area contributed by atoms with E-state index in [0.29, 0.717) is 6.04 Å². The van der Waals surface area contributed by atoms with E-state index in [2.05, 4.69) is 5.32 Å². The van der Waals surface area contributed by atoms with Crippen LogP contribution in [0.15, 0.2) is 30.3 Å². The summed E-state index contributed by atoms with van der Waals surface area (Å²) in [6, 6.07) is 9.84. The SMILES string of the molecule is O=C(NC1CCCCC1)c1ccccc1.O=S(=O)(O)C(F)(F)F. The topological polar surface area (TPSA) is 83.5 Å². The van der Waals surface area contributed by atoms with Crippen molar-refractivity contribution >= 4 is 16.0 Å². The van der Waals surface area contributed by atoms with E-state index < -0.39 is 15.6 Å². The molecule has 0 bridgehead atoms. The fourth-order valence-corrected chi connectivity index (χ4v) is 2.11. The van der Waals surface area contributed by atoms with Gasteiger partial charge < -0.3 is 5.32 Å². The zero-order valence-electron chi connectivity index (χ0n) is 12.2. The smallest absolute Gasteiger partial charge is 0.349 e. The van der Waals surface area contributed by atoms with Crippen molar-refractivity contribution in [3.05, 3.63) is 35.9 Å². The van der Waals surface area contributed by atoms with Crippen molar-refractivity contribution in [2.45, 2.75) is 43.7 Å². The molecule has 1 aromatic carbocycles. The van der Waals surface area contributed by atoms with Gasteiger partial charge in [-0.25, -0.2) is 0 Å². The number of rotatable bonds is 2. The van der Waals surface area contributed by atoms with Gasteiger partial charge >= 0.3 is 15.6 Å². The van der Waals surface area contributed by atoms with Gasteiger partial charge in [0.2, 0.25) is 0 Å². The lowest BCUT2D eigenvalue weighted by molar-refractivity contribution is -0.0510. The minimum absolute atomic E-state index is 0.0718. The molecule has 0 heterocycles. The summed E-state index contributed by atoms with van der Waals surface area (Å²) in [7, 11) is -5.84. The van der Waals surface area contributed by atoms with E-state index in [1.165, 1.54) is 19.3 Å². The van der Waals surface area contributed by atoms with Gasteiger partial charge in [-0.05, 0) is 25.0 Å². The Morgan fingerprint density at radius 1 is 1.09 bits per heavy atom. The summed E-state index contributed by atoms with van der Waals surface area (Å²) < 4.78 is 57.5. The normalized spacial score (nSPS) is 16.2. The lowest BCUT2D eigenvalue weighted by Gasteiger charge is -2.22. The summed E-state index contributed by atoms with van der Waals surface area (Å²) in [6.07, 6.45) is 6.09. The maximum atomic E-state index is 11.8. The van der Waals surface area contributed by atoms with Crippen LogP contribution in [-0.4, -0.2) is 30.4 Å². The Labute approximate surface area is 132 Å². The summed E-state index contributed by atoms with van der Waals surface area (Å²) in [5.74, 6) is 0.0718. The summed E-state index contributed by atoms with van der Waals surface area (Å²) >= 11 is 0. The van der Waals surface area contributed by atoms with E-state index in [0.717, 1.165) is 18.4 Å². The summed E-state index contributed by atoms with van der Waals surface area (Å²) in [5, 5.41) is 3.10. The van der Waals surface area contributed by atoms with E-state index in [9.17, 15) is 18.0 Å². The van der Waals surface area contributed by atoms with E-state index in [4.69, 9.17) is 13.0 Å². The van der Waals surface area contributed by atoms with Crippen LogP contribution in [0.2, 0.25) is 0 Å². The van der Waals surface area contributed by atoms with Crippen molar-refractivity contribution < 1.29 is 30.9 Å². The molecule has 0 unspecified atom stereocenters. The van der Waals surface area contributed by atoms with Crippen LogP contribution in [0.5, 0.6) is 0 Å². The van der Waals surface area contributed by atoms with Crippen molar-refractivity contribution in [1.29, 1.82) is 0 Å². The second kappa shape index (κ2) is 8.30. The van der Waals surface area contributed by atoms with Crippen LogP contribution >= 0.6 is 0 Å². The quantitative estimate of drug-likeness (QED) is 0.632. The minimum atomic E-state index is -5.84. The van der Waals surface area contributed by atoms with Crippen molar-refractivity contribution in [1.82, 2.24) is 5.32 Å². The van der Waals surface area contributed by atoms with Crippen LogP contribution in [0, 0.1) is 0 Å². The van der Waals surface area contributed by atoms with Gasteiger partial charge in [0.15, 0.2) is 0 Å². The second-order valence-corrected chi connectivity index (χ2v) is 6.51. The van der Waals surface area contributed by atoms with Crippen LogP contribution in [0.4, 0.5) is 13.2 Å². The van der Waals surface area contributed by atoms with Gasteiger partial charge in [0.1, 0.15) is 0 Å². The molecular formula is C14H18F3NO4S. The highest BCUT2D eigenvalue weighted by atomic mass is 32.2. The monoisotopic (exact) mass is 353 g/mol. The summed E-state index contributed by atoms with van der Waals surface area (Å²) in [6.45, 7) is 0. The number of carbonyl (C=O) groups is 1. The molecule has 1 fully saturated rings. The molecule has 0 aliphatic heterocycles. The molecule has 0 aromatic heterocycles. The lowest BCUT2D eigenvalue weighted by Crippen LogP contribution is -2.36. The molecule has 1 saturated carbocycles. The molecule has 1 aliphatic carbocycles. The highest BCUT2D eigenvalue weighted by molar-refractivity contribution is 7.86. The molecule has 0 saturated heterocycles. The molecule has 9 heteroatoms. The fourth-order valence-electron chi connectivity index (χ4n) is 2.11. The standard InChI is InChI=1S/C13H17NO.CHF3O3S/c15-13(11-7-3-1-4-8-11)14-12-9-5-2-6-10-12;2-1(3,4)8(5,6)7/h1,3-4,7-8,12H,2,5-6,9-10H2,(H,14,15);(H,5,6,7). The molecule has 2 N–H and O–H groups in total. The van der Waals surface area contributed by atoms with Crippen molar-refractivity contribution in [3.8, 4) is 0 Å². The molecule has 1 amide bonds. The molecule has 0 radical (unpaired) electrons. The Hall–Kier alpha value is -1.61. The third-order valence-corrected chi connectivity index (χ3v) is 3.85.